The Morgan fingerprint density at radius 2 is 1.62 bits per heavy atom. The maximum Gasteiger partial charge on any atom is 0.346 e. The molecule has 2 aromatic carbocycles. The molecule has 212 valence electrons. The lowest BCUT2D eigenvalue weighted by Crippen LogP contribution is -2.35. The predicted molar refractivity (Wildman–Crippen MR) is 161 cm³/mol. The lowest BCUT2D eigenvalue weighted by Gasteiger charge is -2.19. The number of rotatable bonds is 12. The van der Waals surface area contributed by atoms with Gasteiger partial charge in [-0.25, -0.2) is 9.48 Å². The molecule has 4 aromatic rings. The van der Waals surface area contributed by atoms with Crippen LogP contribution >= 0.6 is 0 Å². The van der Waals surface area contributed by atoms with Crippen molar-refractivity contribution in [3.8, 4) is 11.3 Å². The first-order valence-corrected chi connectivity index (χ1v) is 14.2. The zero-order valence-corrected chi connectivity index (χ0v) is 24.3. The second kappa shape index (κ2) is 13.1. The number of nitrogens with one attached hydrogen (secondary N) is 2. The van der Waals surface area contributed by atoms with Crippen LogP contribution in [0.1, 0.15) is 63.6 Å². The third-order valence-corrected chi connectivity index (χ3v) is 7.05. The molecule has 40 heavy (non-hydrogen) atoms. The SMILES string of the molecule is CCNC(O)Nc1ccc(-c2ccc(CCCc3nn(Cc4ccc(C(C)(C)C)cc4)c(=O)n3CC)cc2)nc1. The second-order valence-corrected chi connectivity index (χ2v) is 11.1. The molecular weight excluding hydrogens is 500 g/mol. The maximum absolute atomic E-state index is 13.0. The average molecular weight is 543 g/mol. The highest BCUT2D eigenvalue weighted by atomic mass is 16.3. The van der Waals surface area contributed by atoms with Crippen molar-refractivity contribution in [3.05, 3.63) is 99.9 Å². The molecule has 0 amide bonds. The van der Waals surface area contributed by atoms with E-state index < -0.39 is 6.35 Å². The fourth-order valence-electron chi connectivity index (χ4n) is 4.72. The molecule has 1 unspecified atom stereocenters. The molecule has 3 N–H and O–H groups in total. The normalized spacial score (nSPS) is 12.4. The maximum atomic E-state index is 13.0. The van der Waals surface area contributed by atoms with Gasteiger partial charge in [-0.1, -0.05) is 76.2 Å². The molecule has 8 nitrogen and oxygen atoms in total. The fraction of sp³-hybridized carbons (Fsp3) is 0.406. The number of aromatic nitrogens is 4. The summed E-state index contributed by atoms with van der Waals surface area (Å²) in [7, 11) is 0. The minimum Gasteiger partial charge on any atom is -0.361 e. The van der Waals surface area contributed by atoms with Crippen LogP contribution in [-0.2, 0) is 31.3 Å². The van der Waals surface area contributed by atoms with Crippen molar-refractivity contribution in [2.45, 2.75) is 78.7 Å². The Bertz CT molecular complexity index is 1420. The van der Waals surface area contributed by atoms with E-state index in [0.29, 0.717) is 19.6 Å². The van der Waals surface area contributed by atoms with Gasteiger partial charge in [0.2, 0.25) is 0 Å². The van der Waals surface area contributed by atoms with Crippen LogP contribution in [0, 0.1) is 0 Å². The van der Waals surface area contributed by atoms with Crippen molar-refractivity contribution in [2.24, 2.45) is 0 Å². The van der Waals surface area contributed by atoms with Crippen molar-refractivity contribution in [3.63, 3.8) is 0 Å². The molecule has 8 heteroatoms. The van der Waals surface area contributed by atoms with Crippen LogP contribution in [0.15, 0.2) is 71.7 Å². The lowest BCUT2D eigenvalue weighted by molar-refractivity contribution is 0.168. The molecule has 4 rings (SSSR count). The summed E-state index contributed by atoms with van der Waals surface area (Å²) in [5.41, 5.74) is 6.31. The highest BCUT2D eigenvalue weighted by Crippen LogP contribution is 2.23. The highest BCUT2D eigenvalue weighted by Gasteiger charge is 2.15. The predicted octanol–water partition coefficient (Wildman–Crippen LogP) is 4.95. The largest absolute Gasteiger partial charge is 0.361 e. The number of pyridine rings is 1. The molecule has 1 atom stereocenters. The number of nitrogens with zero attached hydrogens (tertiary/aromatic N) is 4. The molecule has 2 aromatic heterocycles. The molecule has 0 aliphatic rings. The highest BCUT2D eigenvalue weighted by molar-refractivity contribution is 5.61. The van der Waals surface area contributed by atoms with Gasteiger partial charge in [-0.2, -0.15) is 5.10 Å². The van der Waals surface area contributed by atoms with Gasteiger partial charge in [-0.3, -0.25) is 14.9 Å². The van der Waals surface area contributed by atoms with Crippen LogP contribution in [0.25, 0.3) is 11.3 Å². The van der Waals surface area contributed by atoms with Crippen LogP contribution in [0.2, 0.25) is 0 Å². The Kier molecular flexibility index (Phi) is 9.55. The first-order chi connectivity index (χ1) is 19.2. The van der Waals surface area contributed by atoms with Gasteiger partial charge in [0.25, 0.3) is 0 Å². The van der Waals surface area contributed by atoms with Gasteiger partial charge in [0, 0.05) is 18.5 Å². The van der Waals surface area contributed by atoms with Gasteiger partial charge < -0.3 is 10.4 Å². The summed E-state index contributed by atoms with van der Waals surface area (Å²) in [6.07, 6.45) is 3.47. The fourth-order valence-corrected chi connectivity index (χ4v) is 4.72. The van der Waals surface area contributed by atoms with E-state index >= 15 is 0 Å². The van der Waals surface area contributed by atoms with Gasteiger partial charge in [-0.15, -0.1) is 0 Å². The molecule has 0 aliphatic heterocycles. The van der Waals surface area contributed by atoms with Gasteiger partial charge in [0.1, 0.15) is 5.82 Å². The Hall–Kier alpha value is -3.75. The topological polar surface area (TPSA) is 97.0 Å². The van der Waals surface area contributed by atoms with Gasteiger partial charge in [0.05, 0.1) is 24.1 Å². The first kappa shape index (κ1) is 29.2. The standard InChI is InChI=1S/C32H42N6O2/c1-6-33-30(39)35-27-19-20-28(34-21-27)25-15-11-23(12-16-25)9-8-10-29-36-38(31(40)37(29)7-2)22-24-13-17-26(18-14-24)32(3,4)5/h11-21,30,33,35,39H,6-10,22H2,1-5H3. The van der Waals surface area contributed by atoms with Gasteiger partial charge >= 0.3 is 5.69 Å². The molecule has 0 aliphatic carbocycles. The number of anilines is 1. The molecule has 0 saturated heterocycles. The number of hydrogen-bond donors (Lipinski definition) is 3. The zero-order valence-electron chi connectivity index (χ0n) is 24.3. The number of benzene rings is 2. The summed E-state index contributed by atoms with van der Waals surface area (Å²) in [6, 6.07) is 20.7. The third-order valence-electron chi connectivity index (χ3n) is 7.05. The first-order valence-electron chi connectivity index (χ1n) is 14.2. The van der Waals surface area contributed by atoms with E-state index in [1.165, 1.54) is 11.1 Å². The molecule has 0 fully saturated rings. The molecular formula is C32H42N6O2. The summed E-state index contributed by atoms with van der Waals surface area (Å²) in [5.74, 6) is 0.840. The van der Waals surface area contributed by atoms with E-state index in [9.17, 15) is 9.90 Å². The Balaban J connectivity index is 1.34. The summed E-state index contributed by atoms with van der Waals surface area (Å²) < 4.78 is 3.38. The molecule has 0 bridgehead atoms. The molecule has 0 saturated carbocycles. The average Bonchev–Trinajstić information content (AvgIpc) is 3.23. The summed E-state index contributed by atoms with van der Waals surface area (Å²) in [5, 5.41) is 20.4. The molecule has 2 heterocycles. The van der Waals surface area contributed by atoms with Gasteiger partial charge in [0.15, 0.2) is 6.35 Å². The lowest BCUT2D eigenvalue weighted by atomic mass is 9.87. The van der Waals surface area contributed by atoms with Crippen LogP contribution in [0.5, 0.6) is 0 Å². The van der Waals surface area contributed by atoms with E-state index in [1.54, 1.807) is 15.4 Å². The van der Waals surface area contributed by atoms with E-state index in [0.717, 1.165) is 47.6 Å². The van der Waals surface area contributed by atoms with Crippen molar-refractivity contribution in [1.82, 2.24) is 24.6 Å². The Labute approximate surface area is 237 Å². The van der Waals surface area contributed by atoms with Crippen LogP contribution in [0.4, 0.5) is 5.69 Å². The van der Waals surface area contributed by atoms with Gasteiger partial charge in [-0.05, 0) is 60.5 Å². The number of aliphatic hydroxyl groups is 1. The van der Waals surface area contributed by atoms with E-state index in [2.05, 4.69) is 84.9 Å². The molecule has 0 spiro atoms. The minimum absolute atomic E-state index is 0.0494. The van der Waals surface area contributed by atoms with Crippen molar-refractivity contribution in [2.75, 3.05) is 11.9 Å². The van der Waals surface area contributed by atoms with E-state index in [4.69, 9.17) is 5.10 Å². The minimum atomic E-state index is -0.802. The Morgan fingerprint density at radius 3 is 2.23 bits per heavy atom. The van der Waals surface area contributed by atoms with Crippen LogP contribution in [-0.4, -0.2) is 37.3 Å². The van der Waals surface area contributed by atoms with Crippen molar-refractivity contribution in [1.29, 1.82) is 0 Å². The third kappa shape index (κ3) is 7.46. The van der Waals surface area contributed by atoms with Crippen LogP contribution < -0.4 is 16.3 Å². The second-order valence-electron chi connectivity index (χ2n) is 11.1. The van der Waals surface area contributed by atoms with Crippen molar-refractivity contribution < 1.29 is 5.11 Å². The van der Waals surface area contributed by atoms with E-state index in [1.807, 2.05) is 26.0 Å². The number of aryl methyl sites for hydroxylation is 2. The zero-order chi connectivity index (χ0) is 28.7. The Morgan fingerprint density at radius 1 is 0.925 bits per heavy atom. The number of hydrogen-bond acceptors (Lipinski definition) is 6. The molecule has 0 radical (unpaired) electrons. The van der Waals surface area contributed by atoms with E-state index in [-0.39, 0.29) is 11.1 Å². The summed E-state index contributed by atoms with van der Waals surface area (Å²) >= 11 is 0. The smallest absolute Gasteiger partial charge is 0.346 e. The monoisotopic (exact) mass is 542 g/mol. The van der Waals surface area contributed by atoms with Crippen LogP contribution in [0.3, 0.4) is 0 Å². The van der Waals surface area contributed by atoms with Crippen molar-refractivity contribution >= 4 is 5.69 Å². The number of aliphatic hydroxyl groups excluding tert-OH is 1. The summed E-state index contributed by atoms with van der Waals surface area (Å²) in [4.78, 5) is 17.5. The summed E-state index contributed by atoms with van der Waals surface area (Å²) in [6.45, 7) is 12.3. The quantitative estimate of drug-likeness (QED) is 0.219.